The number of hydrogen-bond acceptors (Lipinski definition) is 3. The summed E-state index contributed by atoms with van der Waals surface area (Å²) in [6, 6.07) is 14.2. The summed E-state index contributed by atoms with van der Waals surface area (Å²) in [5.74, 6) is -0.652. The summed E-state index contributed by atoms with van der Waals surface area (Å²) in [4.78, 5) is 22.0. The van der Waals surface area contributed by atoms with Crippen LogP contribution in [-0.4, -0.2) is 15.4 Å². The molecule has 2 aromatic carbocycles. The second-order valence-corrected chi connectivity index (χ2v) is 5.78. The van der Waals surface area contributed by atoms with Gasteiger partial charge >= 0.3 is 0 Å². The van der Waals surface area contributed by atoms with E-state index in [1.807, 2.05) is 42.1 Å². The number of nitro groups is 1. The van der Waals surface area contributed by atoms with Crippen LogP contribution in [-0.2, 0) is 11.8 Å². The molecule has 1 unspecified atom stereocenters. The molecular weight excluding hydrogens is 306 g/mol. The number of aromatic nitrogens is 1. The minimum Gasteiger partial charge on any atom is -0.370 e. The maximum atomic E-state index is 11.6. The maximum Gasteiger partial charge on any atom is 0.269 e. The van der Waals surface area contributed by atoms with Gasteiger partial charge in [0.05, 0.1) is 4.92 Å². The number of benzene rings is 2. The summed E-state index contributed by atoms with van der Waals surface area (Å²) < 4.78 is 2.00. The van der Waals surface area contributed by atoms with E-state index in [2.05, 4.69) is 0 Å². The van der Waals surface area contributed by atoms with Gasteiger partial charge in [-0.05, 0) is 17.2 Å². The first-order valence-electron chi connectivity index (χ1n) is 7.54. The fourth-order valence-electron chi connectivity index (χ4n) is 3.09. The lowest BCUT2D eigenvalue weighted by atomic mass is 9.88. The van der Waals surface area contributed by atoms with Crippen LogP contribution >= 0.6 is 0 Å². The lowest BCUT2D eigenvalue weighted by Crippen LogP contribution is -2.16. The fraction of sp³-hybridized carbons (Fsp3) is 0.167. The molecule has 0 aliphatic carbocycles. The Hall–Kier alpha value is -3.15. The molecule has 3 aromatic rings. The lowest BCUT2D eigenvalue weighted by molar-refractivity contribution is -0.384. The van der Waals surface area contributed by atoms with Gasteiger partial charge in [-0.1, -0.05) is 30.3 Å². The van der Waals surface area contributed by atoms with Gasteiger partial charge in [0.25, 0.3) is 5.69 Å². The molecule has 3 rings (SSSR count). The zero-order valence-electron chi connectivity index (χ0n) is 13.2. The number of nitrogens with zero attached hydrogens (tertiary/aromatic N) is 2. The number of primary amides is 1. The van der Waals surface area contributed by atoms with Crippen LogP contribution in [0.5, 0.6) is 0 Å². The molecule has 0 radical (unpaired) electrons. The Kier molecular flexibility index (Phi) is 4.04. The van der Waals surface area contributed by atoms with Crippen LogP contribution in [0, 0.1) is 10.1 Å². The number of nitrogens with two attached hydrogens (primary N) is 1. The van der Waals surface area contributed by atoms with E-state index in [4.69, 9.17) is 5.73 Å². The Morgan fingerprint density at radius 1 is 1.21 bits per heavy atom. The van der Waals surface area contributed by atoms with Crippen molar-refractivity contribution in [2.24, 2.45) is 12.8 Å². The zero-order valence-corrected chi connectivity index (χ0v) is 13.2. The molecule has 24 heavy (non-hydrogen) atoms. The maximum absolute atomic E-state index is 11.6. The Morgan fingerprint density at radius 3 is 2.50 bits per heavy atom. The molecule has 6 heteroatoms. The molecule has 1 atom stereocenters. The van der Waals surface area contributed by atoms with Gasteiger partial charge in [-0.25, -0.2) is 0 Å². The Labute approximate surface area is 138 Å². The number of rotatable bonds is 5. The van der Waals surface area contributed by atoms with Crippen LogP contribution in [0.1, 0.15) is 23.5 Å². The quantitative estimate of drug-likeness (QED) is 0.577. The van der Waals surface area contributed by atoms with E-state index in [9.17, 15) is 14.9 Å². The minimum absolute atomic E-state index is 0.0227. The molecule has 1 heterocycles. The molecule has 2 N–H and O–H groups in total. The van der Waals surface area contributed by atoms with E-state index in [0.29, 0.717) is 0 Å². The number of para-hydroxylation sites is 1. The Morgan fingerprint density at radius 2 is 1.88 bits per heavy atom. The molecule has 0 aliphatic heterocycles. The molecule has 0 saturated carbocycles. The monoisotopic (exact) mass is 323 g/mol. The first-order valence-corrected chi connectivity index (χ1v) is 7.54. The Bertz CT molecular complexity index is 913. The number of nitro benzene ring substituents is 1. The first kappa shape index (κ1) is 15.7. The predicted molar refractivity (Wildman–Crippen MR) is 91.7 cm³/mol. The van der Waals surface area contributed by atoms with Gasteiger partial charge in [-0.3, -0.25) is 14.9 Å². The third-order valence-corrected chi connectivity index (χ3v) is 4.21. The molecule has 0 saturated heterocycles. The van der Waals surface area contributed by atoms with Gasteiger partial charge in [-0.15, -0.1) is 0 Å². The van der Waals surface area contributed by atoms with Crippen molar-refractivity contribution in [3.63, 3.8) is 0 Å². The summed E-state index contributed by atoms with van der Waals surface area (Å²) in [6.45, 7) is 0. The highest BCUT2D eigenvalue weighted by Gasteiger charge is 2.21. The third kappa shape index (κ3) is 2.86. The van der Waals surface area contributed by atoms with E-state index in [0.717, 1.165) is 22.0 Å². The second kappa shape index (κ2) is 6.16. The summed E-state index contributed by atoms with van der Waals surface area (Å²) in [7, 11) is 1.95. The van der Waals surface area contributed by atoms with Crippen molar-refractivity contribution in [3.05, 3.63) is 76.0 Å². The third-order valence-electron chi connectivity index (χ3n) is 4.21. The van der Waals surface area contributed by atoms with Crippen LogP contribution in [0.15, 0.2) is 54.7 Å². The summed E-state index contributed by atoms with van der Waals surface area (Å²) in [5.41, 5.74) is 8.34. The number of amides is 1. The average Bonchev–Trinajstić information content (AvgIpc) is 2.90. The van der Waals surface area contributed by atoms with Crippen molar-refractivity contribution in [2.75, 3.05) is 0 Å². The second-order valence-electron chi connectivity index (χ2n) is 5.78. The van der Waals surface area contributed by atoms with Crippen LogP contribution in [0.4, 0.5) is 5.69 Å². The van der Waals surface area contributed by atoms with Crippen molar-refractivity contribution >= 4 is 22.5 Å². The van der Waals surface area contributed by atoms with Crippen LogP contribution in [0.2, 0.25) is 0 Å². The molecule has 0 fully saturated rings. The van der Waals surface area contributed by atoms with Gasteiger partial charge in [0.2, 0.25) is 5.91 Å². The van der Waals surface area contributed by atoms with Crippen molar-refractivity contribution < 1.29 is 9.72 Å². The van der Waals surface area contributed by atoms with Crippen molar-refractivity contribution in [1.82, 2.24) is 4.57 Å². The fourth-order valence-corrected chi connectivity index (χ4v) is 3.09. The predicted octanol–water partition coefficient (Wildman–Crippen LogP) is 3.09. The van der Waals surface area contributed by atoms with Crippen molar-refractivity contribution in [2.45, 2.75) is 12.3 Å². The molecule has 122 valence electrons. The standard InChI is InChI=1S/C18H17N3O3/c1-20-11-16(14-4-2-3-5-17(14)20)15(10-18(19)22)12-6-8-13(9-7-12)21(23)24/h2-9,11,15H,10H2,1H3,(H2,19,22). The van der Waals surface area contributed by atoms with Gasteiger partial charge in [-0.2, -0.15) is 0 Å². The van der Waals surface area contributed by atoms with Crippen LogP contribution < -0.4 is 5.73 Å². The number of carbonyl (C=O) groups is 1. The number of fused-ring (bicyclic) bond motifs is 1. The Balaban J connectivity index is 2.12. The number of non-ortho nitro benzene ring substituents is 1. The minimum atomic E-state index is -0.440. The smallest absolute Gasteiger partial charge is 0.269 e. The van der Waals surface area contributed by atoms with Crippen LogP contribution in [0.3, 0.4) is 0 Å². The van der Waals surface area contributed by atoms with Gasteiger partial charge in [0, 0.05) is 48.6 Å². The normalized spacial score (nSPS) is 12.2. The van der Waals surface area contributed by atoms with E-state index < -0.39 is 10.8 Å². The molecule has 1 aromatic heterocycles. The van der Waals surface area contributed by atoms with Crippen molar-refractivity contribution in [3.8, 4) is 0 Å². The van der Waals surface area contributed by atoms with Crippen LogP contribution in [0.25, 0.3) is 10.9 Å². The molecule has 6 nitrogen and oxygen atoms in total. The largest absolute Gasteiger partial charge is 0.370 e. The molecule has 0 spiro atoms. The topological polar surface area (TPSA) is 91.2 Å². The van der Waals surface area contributed by atoms with E-state index in [1.54, 1.807) is 12.1 Å². The zero-order chi connectivity index (χ0) is 17.3. The summed E-state index contributed by atoms with van der Waals surface area (Å²) >= 11 is 0. The number of aryl methyl sites for hydroxylation is 1. The summed E-state index contributed by atoms with van der Waals surface area (Å²) in [5, 5.41) is 11.9. The number of carbonyl (C=O) groups excluding carboxylic acids is 1. The SMILES string of the molecule is Cn1cc(C(CC(N)=O)c2ccc([N+](=O)[O-])cc2)c2ccccc21. The molecule has 1 amide bonds. The highest BCUT2D eigenvalue weighted by molar-refractivity contribution is 5.86. The highest BCUT2D eigenvalue weighted by atomic mass is 16.6. The van der Waals surface area contributed by atoms with Crippen molar-refractivity contribution in [1.29, 1.82) is 0 Å². The average molecular weight is 323 g/mol. The van der Waals surface area contributed by atoms with Gasteiger partial charge in [0.1, 0.15) is 0 Å². The van der Waals surface area contributed by atoms with Gasteiger partial charge < -0.3 is 10.3 Å². The molecule has 0 aliphatic rings. The van der Waals surface area contributed by atoms with Gasteiger partial charge in [0.15, 0.2) is 0 Å². The van der Waals surface area contributed by atoms with E-state index in [-0.39, 0.29) is 18.0 Å². The summed E-state index contributed by atoms with van der Waals surface area (Å²) in [6.07, 6.45) is 2.13. The molecular formula is C18H17N3O3. The highest BCUT2D eigenvalue weighted by Crippen LogP contribution is 2.34. The van der Waals surface area contributed by atoms with E-state index in [1.165, 1.54) is 12.1 Å². The first-order chi connectivity index (χ1) is 11.5. The van der Waals surface area contributed by atoms with E-state index >= 15 is 0 Å². The molecule has 0 bridgehead atoms. The number of hydrogen-bond donors (Lipinski definition) is 1. The lowest BCUT2D eigenvalue weighted by Gasteiger charge is -2.15.